The lowest BCUT2D eigenvalue weighted by Gasteiger charge is -2.36. The third kappa shape index (κ3) is 5.19. The first-order valence-corrected chi connectivity index (χ1v) is 10.6. The van der Waals surface area contributed by atoms with E-state index in [-0.39, 0.29) is 11.7 Å². The Morgan fingerprint density at radius 1 is 1.00 bits per heavy atom. The molecule has 1 saturated heterocycles. The molecule has 158 valence electrons. The van der Waals surface area contributed by atoms with Crippen molar-refractivity contribution in [2.45, 2.75) is 19.3 Å². The van der Waals surface area contributed by atoms with Gasteiger partial charge < -0.3 is 15.0 Å². The summed E-state index contributed by atoms with van der Waals surface area (Å²) in [6.07, 6.45) is 4.18. The average molecular weight is 410 g/mol. The molecular weight excluding hydrogens is 381 g/mol. The third-order valence-electron chi connectivity index (χ3n) is 5.72. The molecule has 0 aliphatic carbocycles. The molecule has 0 spiro atoms. The molecule has 0 aromatic heterocycles. The Bertz CT molecular complexity index is 890. The predicted molar refractivity (Wildman–Crippen MR) is 116 cm³/mol. The number of ether oxygens (including phenoxy) is 1. The molecule has 2 aromatic carbocycles. The number of carbonyl (C=O) groups is 1. The Labute approximate surface area is 177 Å². The number of piperazine rings is 1. The molecule has 6 heteroatoms. The van der Waals surface area contributed by atoms with Crippen molar-refractivity contribution in [1.82, 2.24) is 10.2 Å². The van der Waals surface area contributed by atoms with Gasteiger partial charge in [0, 0.05) is 44.8 Å². The Morgan fingerprint density at radius 2 is 1.77 bits per heavy atom. The normalized spacial score (nSPS) is 16.4. The van der Waals surface area contributed by atoms with Gasteiger partial charge in [-0.2, -0.15) is 0 Å². The molecule has 2 aliphatic heterocycles. The van der Waals surface area contributed by atoms with Gasteiger partial charge in [-0.15, -0.1) is 0 Å². The van der Waals surface area contributed by atoms with E-state index in [1.54, 1.807) is 6.26 Å². The van der Waals surface area contributed by atoms with Crippen molar-refractivity contribution in [2.24, 2.45) is 0 Å². The summed E-state index contributed by atoms with van der Waals surface area (Å²) in [5.74, 6) is 0.590. The van der Waals surface area contributed by atoms with Gasteiger partial charge in [0.05, 0.1) is 5.57 Å². The molecule has 5 nitrogen and oxygen atoms in total. The van der Waals surface area contributed by atoms with E-state index >= 15 is 0 Å². The number of amides is 1. The highest BCUT2D eigenvalue weighted by atomic mass is 19.1. The van der Waals surface area contributed by atoms with Gasteiger partial charge in [-0.25, -0.2) is 4.39 Å². The lowest BCUT2D eigenvalue weighted by Crippen LogP contribution is -2.46. The Hall–Kier alpha value is -2.86. The lowest BCUT2D eigenvalue weighted by atomic mass is 10.0. The molecule has 0 unspecified atom stereocenters. The molecule has 1 N–H and O–H groups in total. The van der Waals surface area contributed by atoms with E-state index in [1.807, 2.05) is 36.4 Å². The van der Waals surface area contributed by atoms with Crippen LogP contribution in [0.2, 0.25) is 0 Å². The van der Waals surface area contributed by atoms with E-state index in [2.05, 4.69) is 15.1 Å². The van der Waals surface area contributed by atoms with Crippen LogP contribution in [0.25, 0.3) is 0 Å². The van der Waals surface area contributed by atoms with Crippen LogP contribution < -0.4 is 15.0 Å². The topological polar surface area (TPSA) is 44.8 Å². The summed E-state index contributed by atoms with van der Waals surface area (Å²) in [6, 6.07) is 14.5. The number of nitrogens with zero attached hydrogens (tertiary/aromatic N) is 2. The zero-order chi connectivity index (χ0) is 20.8. The summed E-state index contributed by atoms with van der Waals surface area (Å²) in [4.78, 5) is 17.1. The fraction of sp³-hybridized carbons (Fsp3) is 0.375. The second-order valence-corrected chi connectivity index (χ2v) is 7.81. The minimum absolute atomic E-state index is 0.0441. The van der Waals surface area contributed by atoms with Gasteiger partial charge in [0.15, 0.2) is 0 Å². The summed E-state index contributed by atoms with van der Waals surface area (Å²) in [5, 5.41) is 3.01. The van der Waals surface area contributed by atoms with Gasteiger partial charge >= 0.3 is 0 Å². The van der Waals surface area contributed by atoms with Gasteiger partial charge in [-0.1, -0.05) is 18.2 Å². The van der Waals surface area contributed by atoms with Crippen molar-refractivity contribution >= 4 is 11.6 Å². The molecule has 0 radical (unpaired) electrons. The van der Waals surface area contributed by atoms with Crippen molar-refractivity contribution in [3.8, 4) is 5.75 Å². The number of halogens is 1. The second kappa shape index (κ2) is 9.76. The minimum Gasteiger partial charge on any atom is -0.464 e. The molecule has 1 amide bonds. The van der Waals surface area contributed by atoms with Crippen LogP contribution in [-0.2, 0) is 11.2 Å². The van der Waals surface area contributed by atoms with E-state index in [0.717, 1.165) is 62.6 Å². The standard InChI is InChI=1S/C24H28FN3O2/c25-21-7-9-22(10-8-21)28-15-13-27(14-16-28)12-4-3-11-26-24(29)20-17-19-5-1-2-6-23(19)30-18-20/h1-2,5-10,18H,3-4,11-17H2,(H,26,29). The molecule has 4 rings (SSSR count). The predicted octanol–water partition coefficient (Wildman–Crippen LogP) is 3.36. The number of carbonyl (C=O) groups excluding carboxylic acids is 1. The van der Waals surface area contributed by atoms with Crippen LogP contribution >= 0.6 is 0 Å². The molecule has 2 aromatic rings. The van der Waals surface area contributed by atoms with Crippen LogP contribution in [0.15, 0.2) is 60.4 Å². The Morgan fingerprint density at radius 3 is 2.57 bits per heavy atom. The summed E-state index contributed by atoms with van der Waals surface area (Å²) in [6.45, 7) is 5.64. The van der Waals surface area contributed by atoms with Gasteiger partial charge in [-0.3, -0.25) is 9.69 Å². The molecule has 0 saturated carbocycles. The lowest BCUT2D eigenvalue weighted by molar-refractivity contribution is -0.117. The number of nitrogens with one attached hydrogen (secondary N) is 1. The highest BCUT2D eigenvalue weighted by Gasteiger charge is 2.18. The number of rotatable bonds is 7. The highest BCUT2D eigenvalue weighted by molar-refractivity contribution is 5.94. The van der Waals surface area contributed by atoms with Crippen LogP contribution in [0.4, 0.5) is 10.1 Å². The number of anilines is 1. The fourth-order valence-corrected chi connectivity index (χ4v) is 3.94. The molecule has 0 bridgehead atoms. The molecular formula is C24H28FN3O2. The van der Waals surface area contributed by atoms with Gasteiger partial charge in [0.25, 0.3) is 5.91 Å². The molecule has 1 fully saturated rings. The van der Waals surface area contributed by atoms with E-state index in [1.165, 1.54) is 12.1 Å². The zero-order valence-electron chi connectivity index (χ0n) is 17.1. The number of fused-ring (bicyclic) bond motifs is 1. The highest BCUT2D eigenvalue weighted by Crippen LogP contribution is 2.25. The molecule has 30 heavy (non-hydrogen) atoms. The Balaban J connectivity index is 1.11. The maximum Gasteiger partial charge on any atom is 0.250 e. The van der Waals surface area contributed by atoms with Crippen molar-refractivity contribution in [2.75, 3.05) is 44.2 Å². The summed E-state index contributed by atoms with van der Waals surface area (Å²) in [7, 11) is 0. The molecule has 2 aliphatic rings. The van der Waals surface area contributed by atoms with E-state index in [9.17, 15) is 9.18 Å². The van der Waals surface area contributed by atoms with E-state index in [4.69, 9.17) is 4.74 Å². The van der Waals surface area contributed by atoms with E-state index in [0.29, 0.717) is 18.5 Å². The van der Waals surface area contributed by atoms with E-state index < -0.39 is 0 Å². The van der Waals surface area contributed by atoms with Crippen LogP contribution in [0, 0.1) is 5.82 Å². The first kappa shape index (κ1) is 20.4. The quantitative estimate of drug-likeness (QED) is 0.713. The first-order valence-electron chi connectivity index (χ1n) is 10.6. The van der Waals surface area contributed by atoms with Gasteiger partial charge in [0.1, 0.15) is 17.8 Å². The van der Waals surface area contributed by atoms with Crippen LogP contribution in [0.1, 0.15) is 18.4 Å². The second-order valence-electron chi connectivity index (χ2n) is 7.81. The monoisotopic (exact) mass is 409 g/mol. The number of para-hydroxylation sites is 1. The van der Waals surface area contributed by atoms with Crippen LogP contribution in [0.5, 0.6) is 5.75 Å². The fourth-order valence-electron chi connectivity index (χ4n) is 3.94. The van der Waals surface area contributed by atoms with Gasteiger partial charge in [-0.05, 0) is 55.3 Å². The van der Waals surface area contributed by atoms with Gasteiger partial charge in [0.2, 0.25) is 0 Å². The minimum atomic E-state index is -0.193. The van der Waals surface area contributed by atoms with Crippen LogP contribution in [-0.4, -0.2) is 50.1 Å². The number of hydrogen-bond acceptors (Lipinski definition) is 4. The number of benzene rings is 2. The maximum absolute atomic E-state index is 13.1. The van der Waals surface area contributed by atoms with Crippen LogP contribution in [0.3, 0.4) is 0 Å². The summed E-state index contributed by atoms with van der Waals surface area (Å²) in [5.41, 5.74) is 2.80. The number of unbranched alkanes of at least 4 members (excludes halogenated alkanes) is 1. The third-order valence-corrected chi connectivity index (χ3v) is 5.72. The number of hydrogen-bond donors (Lipinski definition) is 1. The molecule has 0 atom stereocenters. The average Bonchev–Trinajstić information content (AvgIpc) is 2.79. The SMILES string of the molecule is O=C(NCCCCN1CCN(c2ccc(F)cc2)CC1)C1=COc2ccccc2C1. The van der Waals surface area contributed by atoms with Crippen molar-refractivity contribution in [3.05, 3.63) is 71.7 Å². The maximum atomic E-state index is 13.1. The first-order chi connectivity index (χ1) is 14.7. The van der Waals surface area contributed by atoms with Crippen molar-refractivity contribution in [1.29, 1.82) is 0 Å². The molecule has 2 heterocycles. The summed E-state index contributed by atoms with van der Waals surface area (Å²) >= 11 is 0. The Kier molecular flexibility index (Phi) is 6.64. The summed E-state index contributed by atoms with van der Waals surface area (Å²) < 4.78 is 18.6. The largest absolute Gasteiger partial charge is 0.464 e. The van der Waals surface area contributed by atoms with Crippen molar-refractivity contribution in [3.63, 3.8) is 0 Å². The van der Waals surface area contributed by atoms with Crippen molar-refractivity contribution < 1.29 is 13.9 Å². The zero-order valence-corrected chi connectivity index (χ0v) is 17.1. The smallest absolute Gasteiger partial charge is 0.250 e.